The molecule has 0 radical (unpaired) electrons. The number of thiazole rings is 1. The summed E-state index contributed by atoms with van der Waals surface area (Å²) in [5.41, 5.74) is 8.09. The number of benzene rings is 2. The van der Waals surface area contributed by atoms with Crippen molar-refractivity contribution in [2.45, 2.75) is 20.8 Å². The van der Waals surface area contributed by atoms with E-state index in [-0.39, 0.29) is 10.8 Å². The third kappa shape index (κ3) is 4.59. The van der Waals surface area contributed by atoms with Gasteiger partial charge < -0.3 is 9.84 Å². The number of aromatic hydroxyl groups is 1. The standard InChI is InChI=1S/C20H20ClN3O2S/c1-4-26-18-9-14(8-16(21)19(18)25)10-22-24-20-23-17(11-27-20)15-6-5-12(2)7-13(15)3/h5-11,25H,4H2,1-3H3,(H,23,24)/b22-10-. The molecule has 0 aliphatic carbocycles. The number of phenolic OH excluding ortho intramolecular Hbond substituents is 1. The van der Waals surface area contributed by atoms with E-state index in [0.29, 0.717) is 23.1 Å². The summed E-state index contributed by atoms with van der Waals surface area (Å²) in [4.78, 5) is 4.58. The van der Waals surface area contributed by atoms with Gasteiger partial charge in [0, 0.05) is 10.9 Å². The summed E-state index contributed by atoms with van der Waals surface area (Å²) in [6, 6.07) is 9.61. The first-order valence-electron chi connectivity index (χ1n) is 8.45. The first kappa shape index (κ1) is 19.2. The van der Waals surface area contributed by atoms with Crippen molar-refractivity contribution in [3.05, 3.63) is 57.4 Å². The van der Waals surface area contributed by atoms with E-state index >= 15 is 0 Å². The van der Waals surface area contributed by atoms with Crippen LogP contribution in [0.3, 0.4) is 0 Å². The van der Waals surface area contributed by atoms with Crippen molar-refractivity contribution >= 4 is 34.3 Å². The fourth-order valence-electron chi connectivity index (χ4n) is 2.65. The summed E-state index contributed by atoms with van der Waals surface area (Å²) in [5, 5.41) is 17.0. The number of hydrogen-bond acceptors (Lipinski definition) is 6. The Kier molecular flexibility index (Phi) is 5.98. The molecule has 3 aromatic rings. The van der Waals surface area contributed by atoms with E-state index in [4.69, 9.17) is 16.3 Å². The Hall–Kier alpha value is -2.57. The molecule has 27 heavy (non-hydrogen) atoms. The summed E-state index contributed by atoms with van der Waals surface area (Å²) in [7, 11) is 0. The molecule has 0 amide bonds. The van der Waals surface area contributed by atoms with Gasteiger partial charge in [-0.2, -0.15) is 5.10 Å². The first-order chi connectivity index (χ1) is 13.0. The highest BCUT2D eigenvalue weighted by Crippen LogP contribution is 2.34. The number of aryl methyl sites for hydroxylation is 2. The van der Waals surface area contributed by atoms with Crippen LogP contribution in [0.1, 0.15) is 23.6 Å². The number of rotatable bonds is 6. The Morgan fingerprint density at radius 1 is 1.30 bits per heavy atom. The van der Waals surface area contributed by atoms with Crippen LogP contribution in [0.4, 0.5) is 5.13 Å². The van der Waals surface area contributed by atoms with E-state index in [0.717, 1.165) is 11.3 Å². The molecular weight excluding hydrogens is 382 g/mol. The summed E-state index contributed by atoms with van der Waals surface area (Å²) >= 11 is 7.51. The van der Waals surface area contributed by atoms with Gasteiger partial charge in [-0.25, -0.2) is 4.98 Å². The van der Waals surface area contributed by atoms with Crippen molar-refractivity contribution in [1.82, 2.24) is 4.98 Å². The maximum atomic E-state index is 9.88. The molecule has 7 heteroatoms. The maximum Gasteiger partial charge on any atom is 0.203 e. The van der Waals surface area contributed by atoms with Crippen LogP contribution in [0.15, 0.2) is 40.8 Å². The lowest BCUT2D eigenvalue weighted by atomic mass is 10.0. The molecule has 0 fully saturated rings. The second-order valence-electron chi connectivity index (χ2n) is 6.01. The normalized spacial score (nSPS) is 11.1. The lowest BCUT2D eigenvalue weighted by Gasteiger charge is -2.08. The second-order valence-corrected chi connectivity index (χ2v) is 7.27. The molecule has 0 saturated heterocycles. The molecule has 5 nitrogen and oxygen atoms in total. The number of nitrogens with one attached hydrogen (secondary N) is 1. The van der Waals surface area contributed by atoms with Gasteiger partial charge in [0.2, 0.25) is 5.13 Å². The molecule has 0 bridgehead atoms. The Morgan fingerprint density at radius 2 is 2.11 bits per heavy atom. The second kappa shape index (κ2) is 8.41. The number of aromatic nitrogens is 1. The smallest absolute Gasteiger partial charge is 0.203 e. The van der Waals surface area contributed by atoms with Crippen molar-refractivity contribution in [3.63, 3.8) is 0 Å². The van der Waals surface area contributed by atoms with Crippen LogP contribution in [0, 0.1) is 13.8 Å². The van der Waals surface area contributed by atoms with Gasteiger partial charge in [0.1, 0.15) is 0 Å². The van der Waals surface area contributed by atoms with E-state index in [1.807, 2.05) is 12.3 Å². The first-order valence-corrected chi connectivity index (χ1v) is 9.71. The lowest BCUT2D eigenvalue weighted by Crippen LogP contribution is -1.95. The number of ether oxygens (including phenoxy) is 1. The van der Waals surface area contributed by atoms with Gasteiger partial charge in [-0.1, -0.05) is 35.4 Å². The van der Waals surface area contributed by atoms with Gasteiger partial charge in [0.15, 0.2) is 11.5 Å². The maximum absolute atomic E-state index is 9.88. The number of nitrogens with zero attached hydrogens (tertiary/aromatic N) is 2. The Bertz CT molecular complexity index is 985. The van der Waals surface area contributed by atoms with Gasteiger partial charge in [0.25, 0.3) is 0 Å². The molecule has 140 valence electrons. The molecule has 3 rings (SSSR count). The van der Waals surface area contributed by atoms with Crippen LogP contribution in [0.5, 0.6) is 11.5 Å². The molecule has 0 atom stereocenters. The minimum atomic E-state index is -0.0679. The van der Waals surface area contributed by atoms with E-state index in [9.17, 15) is 5.11 Å². The fourth-order valence-corrected chi connectivity index (χ4v) is 3.52. The molecule has 0 spiro atoms. The molecule has 0 aliphatic rings. The molecule has 1 heterocycles. The number of anilines is 1. The van der Waals surface area contributed by atoms with E-state index < -0.39 is 0 Å². The van der Waals surface area contributed by atoms with Gasteiger partial charge in [-0.05, 0) is 44.0 Å². The van der Waals surface area contributed by atoms with Gasteiger partial charge in [-0.3, -0.25) is 5.43 Å². The summed E-state index contributed by atoms with van der Waals surface area (Å²) < 4.78 is 5.37. The van der Waals surface area contributed by atoms with E-state index in [1.54, 1.807) is 18.3 Å². The topological polar surface area (TPSA) is 66.7 Å². The highest BCUT2D eigenvalue weighted by atomic mass is 35.5. The molecule has 2 N–H and O–H groups in total. The monoisotopic (exact) mass is 401 g/mol. The third-order valence-corrected chi connectivity index (χ3v) is 4.92. The molecule has 1 aromatic heterocycles. The van der Waals surface area contributed by atoms with Crippen molar-refractivity contribution in [2.24, 2.45) is 5.10 Å². The number of hydrazone groups is 1. The highest BCUT2D eigenvalue weighted by molar-refractivity contribution is 7.14. The molecule has 2 aromatic carbocycles. The Morgan fingerprint density at radius 3 is 2.85 bits per heavy atom. The number of halogens is 1. The lowest BCUT2D eigenvalue weighted by molar-refractivity contribution is 0.318. The predicted octanol–water partition coefficient (Wildman–Crippen LogP) is 5.63. The number of hydrogen-bond donors (Lipinski definition) is 2. The van der Waals surface area contributed by atoms with Gasteiger partial charge >= 0.3 is 0 Å². The highest BCUT2D eigenvalue weighted by Gasteiger charge is 2.09. The minimum absolute atomic E-state index is 0.0679. The van der Waals surface area contributed by atoms with Crippen LogP contribution in [0.25, 0.3) is 11.3 Å². The van der Waals surface area contributed by atoms with Crippen molar-refractivity contribution in [2.75, 3.05) is 12.0 Å². The van der Waals surface area contributed by atoms with Crippen LogP contribution in [0.2, 0.25) is 5.02 Å². The van der Waals surface area contributed by atoms with E-state index in [1.165, 1.54) is 22.5 Å². The largest absolute Gasteiger partial charge is 0.503 e. The zero-order chi connectivity index (χ0) is 19.4. The quantitative estimate of drug-likeness (QED) is 0.415. The average molecular weight is 402 g/mol. The summed E-state index contributed by atoms with van der Waals surface area (Å²) in [6.45, 7) is 6.43. The molecule has 0 unspecified atom stereocenters. The van der Waals surface area contributed by atoms with Crippen molar-refractivity contribution in [3.8, 4) is 22.8 Å². The average Bonchev–Trinajstić information content (AvgIpc) is 3.08. The van der Waals surface area contributed by atoms with Crippen molar-refractivity contribution < 1.29 is 9.84 Å². The van der Waals surface area contributed by atoms with Crippen LogP contribution < -0.4 is 10.2 Å². The minimum Gasteiger partial charge on any atom is -0.503 e. The molecular formula is C20H20ClN3O2S. The Balaban J connectivity index is 1.73. The van der Waals surface area contributed by atoms with Crippen LogP contribution in [-0.2, 0) is 0 Å². The van der Waals surface area contributed by atoms with E-state index in [2.05, 4.69) is 47.6 Å². The summed E-state index contributed by atoms with van der Waals surface area (Å²) in [6.07, 6.45) is 1.60. The third-order valence-electron chi connectivity index (χ3n) is 3.89. The zero-order valence-corrected chi connectivity index (χ0v) is 16.9. The van der Waals surface area contributed by atoms with Crippen molar-refractivity contribution in [1.29, 1.82) is 0 Å². The van der Waals surface area contributed by atoms with Crippen LogP contribution in [-0.4, -0.2) is 22.9 Å². The summed E-state index contributed by atoms with van der Waals surface area (Å²) in [5.74, 6) is 0.263. The molecule has 0 aliphatic heterocycles. The molecule has 0 saturated carbocycles. The van der Waals surface area contributed by atoms with Gasteiger partial charge in [-0.15, -0.1) is 11.3 Å². The Labute approximate surface area is 167 Å². The zero-order valence-electron chi connectivity index (χ0n) is 15.3. The fraction of sp³-hybridized carbons (Fsp3) is 0.200. The number of phenols is 1. The predicted molar refractivity (Wildman–Crippen MR) is 113 cm³/mol. The van der Waals surface area contributed by atoms with Gasteiger partial charge in [0.05, 0.1) is 23.5 Å². The van der Waals surface area contributed by atoms with Crippen LogP contribution >= 0.6 is 22.9 Å². The SMILES string of the molecule is CCOc1cc(/C=N\Nc2nc(-c3ccc(C)cc3C)cs2)cc(Cl)c1O.